The number of benzene rings is 3. The van der Waals surface area contributed by atoms with E-state index in [0.29, 0.717) is 23.3 Å². The maximum Gasteiger partial charge on any atom is 0.343 e. The molecule has 0 aliphatic rings. The van der Waals surface area contributed by atoms with Crippen LogP contribution in [0.15, 0.2) is 72.8 Å². The number of carbonyl (C=O) groups is 2. The summed E-state index contributed by atoms with van der Waals surface area (Å²) in [5.74, 6) is 0.219. The van der Waals surface area contributed by atoms with Crippen LogP contribution in [0.3, 0.4) is 0 Å². The van der Waals surface area contributed by atoms with E-state index < -0.39 is 24.2 Å². The van der Waals surface area contributed by atoms with Crippen LogP contribution < -0.4 is 9.47 Å². The molecule has 44 heavy (non-hydrogen) atoms. The molecule has 0 saturated carbocycles. The van der Waals surface area contributed by atoms with Crippen molar-refractivity contribution in [1.29, 1.82) is 0 Å². The number of carbonyl (C=O) groups excluding carboxylic acids is 2. The molecule has 0 radical (unpaired) electrons. The monoisotopic (exact) mass is 604 g/mol. The summed E-state index contributed by atoms with van der Waals surface area (Å²) in [5.41, 5.74) is 2.65. The van der Waals surface area contributed by atoms with Crippen molar-refractivity contribution in [3.8, 4) is 22.6 Å². The third-order valence-electron chi connectivity index (χ3n) is 7.64. The predicted octanol–water partition coefficient (Wildman–Crippen LogP) is 10.6. The molecule has 0 heterocycles. The molecule has 0 N–H and O–H groups in total. The Kier molecular flexibility index (Phi) is 15.5. The van der Waals surface area contributed by atoms with E-state index in [9.17, 15) is 14.0 Å². The van der Waals surface area contributed by atoms with Gasteiger partial charge in [0.1, 0.15) is 23.8 Å². The van der Waals surface area contributed by atoms with Gasteiger partial charge < -0.3 is 14.2 Å². The molecular weight excluding hydrogens is 555 g/mol. The van der Waals surface area contributed by atoms with Crippen molar-refractivity contribution in [3.05, 3.63) is 83.9 Å². The number of halogens is 1. The third-order valence-corrected chi connectivity index (χ3v) is 7.64. The van der Waals surface area contributed by atoms with Gasteiger partial charge in [0, 0.05) is 6.42 Å². The summed E-state index contributed by atoms with van der Waals surface area (Å²) in [6, 6.07) is 21.4. The van der Waals surface area contributed by atoms with Crippen LogP contribution in [0.5, 0.6) is 11.5 Å². The average Bonchev–Trinajstić information content (AvgIpc) is 3.03. The van der Waals surface area contributed by atoms with Gasteiger partial charge in [-0.25, -0.2) is 14.0 Å². The summed E-state index contributed by atoms with van der Waals surface area (Å²) in [5, 5.41) is 0. The summed E-state index contributed by atoms with van der Waals surface area (Å²) in [6.45, 7) is 6.69. The zero-order chi connectivity index (χ0) is 31.6. The molecule has 0 amide bonds. The lowest BCUT2D eigenvalue weighted by Crippen LogP contribution is -2.19. The van der Waals surface area contributed by atoms with E-state index in [0.717, 1.165) is 42.7 Å². The quantitative estimate of drug-likeness (QED) is 0.0729. The number of rotatable bonds is 20. The Morgan fingerprint density at radius 3 is 1.70 bits per heavy atom. The summed E-state index contributed by atoms with van der Waals surface area (Å²) in [7, 11) is 0. The van der Waals surface area contributed by atoms with Gasteiger partial charge in [-0.15, -0.1) is 0 Å². The van der Waals surface area contributed by atoms with Gasteiger partial charge in [-0.1, -0.05) is 95.9 Å². The van der Waals surface area contributed by atoms with Crippen molar-refractivity contribution >= 4 is 11.9 Å². The predicted molar refractivity (Wildman–Crippen MR) is 175 cm³/mol. The summed E-state index contributed by atoms with van der Waals surface area (Å²) < 4.78 is 30.8. The number of hydrogen-bond acceptors (Lipinski definition) is 5. The SMILES string of the molecule is CCCCCCCCCCOc1ccc(-c2ccc(OC(=O)c3ccc(C(=O)O[C@@H](C)C[C@H](F)CCCC)cc3)cc2)cc1. The van der Waals surface area contributed by atoms with Gasteiger partial charge >= 0.3 is 11.9 Å². The lowest BCUT2D eigenvalue weighted by Gasteiger charge is -2.16. The van der Waals surface area contributed by atoms with E-state index in [1.807, 2.05) is 43.3 Å². The largest absolute Gasteiger partial charge is 0.494 e. The summed E-state index contributed by atoms with van der Waals surface area (Å²) in [4.78, 5) is 25.1. The molecule has 3 aromatic rings. The highest BCUT2D eigenvalue weighted by molar-refractivity contribution is 5.94. The van der Waals surface area contributed by atoms with Crippen molar-refractivity contribution in [2.75, 3.05) is 6.61 Å². The lowest BCUT2D eigenvalue weighted by atomic mass is 10.1. The first-order chi connectivity index (χ1) is 21.4. The van der Waals surface area contributed by atoms with E-state index in [4.69, 9.17) is 14.2 Å². The molecule has 0 spiro atoms. The Labute approximate surface area is 263 Å². The highest BCUT2D eigenvalue weighted by atomic mass is 19.1. The van der Waals surface area contributed by atoms with Crippen LogP contribution in [0.4, 0.5) is 4.39 Å². The Morgan fingerprint density at radius 2 is 1.14 bits per heavy atom. The summed E-state index contributed by atoms with van der Waals surface area (Å²) >= 11 is 0. The first-order valence-electron chi connectivity index (χ1n) is 16.4. The van der Waals surface area contributed by atoms with Gasteiger partial charge in [0.15, 0.2) is 0 Å². The second-order valence-electron chi connectivity index (χ2n) is 11.5. The van der Waals surface area contributed by atoms with Crippen LogP contribution in [0.2, 0.25) is 0 Å². The molecule has 0 fully saturated rings. The topological polar surface area (TPSA) is 61.8 Å². The lowest BCUT2D eigenvalue weighted by molar-refractivity contribution is 0.0266. The molecule has 6 heteroatoms. The molecule has 0 bridgehead atoms. The minimum Gasteiger partial charge on any atom is -0.494 e. The van der Waals surface area contributed by atoms with Gasteiger partial charge in [-0.05, 0) is 79.4 Å². The standard InChI is InChI=1S/C38H49FO5/c1-4-6-8-9-10-11-12-13-27-42-35-23-19-30(20-24-35)31-21-25-36(26-22-31)44-38(41)33-17-15-32(16-18-33)37(40)43-29(3)28-34(39)14-7-5-2/h15-26,29,34H,4-14,27-28H2,1-3H3/t29-,34+/m0/s1. The maximum absolute atomic E-state index is 14.0. The van der Waals surface area contributed by atoms with Crippen LogP contribution >= 0.6 is 0 Å². The first-order valence-corrected chi connectivity index (χ1v) is 16.4. The van der Waals surface area contributed by atoms with Crippen molar-refractivity contribution in [2.45, 2.75) is 110 Å². The Hall–Kier alpha value is -3.67. The number of unbranched alkanes of at least 4 members (excludes halogenated alkanes) is 8. The van der Waals surface area contributed by atoms with E-state index in [-0.39, 0.29) is 6.42 Å². The molecule has 0 aromatic heterocycles. The highest BCUT2D eigenvalue weighted by Gasteiger charge is 2.18. The van der Waals surface area contributed by atoms with Gasteiger partial charge in [-0.2, -0.15) is 0 Å². The van der Waals surface area contributed by atoms with Crippen molar-refractivity contribution in [2.24, 2.45) is 0 Å². The van der Waals surface area contributed by atoms with E-state index >= 15 is 0 Å². The molecule has 5 nitrogen and oxygen atoms in total. The molecule has 0 aliphatic carbocycles. The normalized spacial score (nSPS) is 12.4. The molecule has 2 atom stereocenters. The van der Waals surface area contributed by atoms with Gasteiger partial charge in [-0.3, -0.25) is 0 Å². The second kappa shape index (κ2) is 19.6. The molecule has 0 unspecified atom stereocenters. The van der Waals surface area contributed by atoms with E-state index in [1.165, 1.54) is 69.2 Å². The third kappa shape index (κ3) is 12.5. The van der Waals surface area contributed by atoms with Gasteiger partial charge in [0.25, 0.3) is 0 Å². The van der Waals surface area contributed by atoms with Gasteiger partial charge in [0.05, 0.1) is 17.7 Å². The Balaban J connectivity index is 1.41. The zero-order valence-electron chi connectivity index (χ0n) is 26.7. The highest BCUT2D eigenvalue weighted by Crippen LogP contribution is 2.25. The Morgan fingerprint density at radius 1 is 0.636 bits per heavy atom. The van der Waals surface area contributed by atoms with Gasteiger partial charge in [0.2, 0.25) is 0 Å². The minimum atomic E-state index is -0.988. The number of alkyl halides is 1. The number of ether oxygens (including phenoxy) is 3. The smallest absolute Gasteiger partial charge is 0.343 e. The summed E-state index contributed by atoms with van der Waals surface area (Å²) in [6.07, 6.45) is 11.1. The number of hydrogen-bond donors (Lipinski definition) is 0. The molecule has 3 rings (SSSR count). The van der Waals surface area contributed by atoms with Crippen molar-refractivity contribution < 1.29 is 28.2 Å². The average molecular weight is 605 g/mol. The number of esters is 2. The fourth-order valence-electron chi connectivity index (χ4n) is 5.00. The minimum absolute atomic E-state index is 0.175. The fourth-order valence-corrected chi connectivity index (χ4v) is 5.00. The van der Waals surface area contributed by atoms with Crippen LogP contribution in [-0.2, 0) is 4.74 Å². The molecule has 0 saturated heterocycles. The zero-order valence-corrected chi connectivity index (χ0v) is 26.7. The van der Waals surface area contributed by atoms with E-state index in [2.05, 4.69) is 6.92 Å². The molecule has 238 valence electrons. The van der Waals surface area contributed by atoms with Crippen LogP contribution in [0.25, 0.3) is 11.1 Å². The van der Waals surface area contributed by atoms with Crippen molar-refractivity contribution in [3.63, 3.8) is 0 Å². The maximum atomic E-state index is 14.0. The first kappa shape index (κ1) is 34.8. The Bertz CT molecular complexity index is 1240. The van der Waals surface area contributed by atoms with Crippen LogP contribution in [0, 0.1) is 0 Å². The molecular formula is C38H49FO5. The van der Waals surface area contributed by atoms with Crippen LogP contribution in [0.1, 0.15) is 119 Å². The van der Waals surface area contributed by atoms with Crippen molar-refractivity contribution in [1.82, 2.24) is 0 Å². The second-order valence-corrected chi connectivity index (χ2v) is 11.5. The molecule has 3 aromatic carbocycles. The van der Waals surface area contributed by atoms with E-state index in [1.54, 1.807) is 19.1 Å². The molecule has 0 aliphatic heterocycles. The fraction of sp³-hybridized carbons (Fsp3) is 0.474. The van der Waals surface area contributed by atoms with Crippen LogP contribution in [-0.4, -0.2) is 30.8 Å².